The van der Waals surface area contributed by atoms with E-state index < -0.39 is 17.0 Å². The first-order chi connectivity index (χ1) is 11.4. The first kappa shape index (κ1) is 20.0. The highest BCUT2D eigenvalue weighted by Crippen LogP contribution is 2.46. The molecular weight excluding hydrogens is 367 g/mol. The highest BCUT2D eigenvalue weighted by molar-refractivity contribution is 6.33. The van der Waals surface area contributed by atoms with E-state index in [0.29, 0.717) is 36.6 Å². The molecule has 6 nitrogen and oxygen atoms in total. The number of benzene rings is 1. The Hall–Kier alpha value is -1.34. The van der Waals surface area contributed by atoms with Gasteiger partial charge in [0.25, 0.3) is 0 Å². The first-order valence-corrected chi connectivity index (χ1v) is 8.36. The van der Waals surface area contributed by atoms with Gasteiger partial charge >= 0.3 is 5.97 Å². The van der Waals surface area contributed by atoms with Crippen LogP contribution in [0.4, 0.5) is 0 Å². The lowest BCUT2D eigenvalue weighted by atomic mass is 9.89. The molecule has 0 spiro atoms. The summed E-state index contributed by atoms with van der Waals surface area (Å²) < 4.78 is 9.98. The number of nitrogens with one attached hydrogen (secondary N) is 1. The van der Waals surface area contributed by atoms with Crippen molar-refractivity contribution >= 4 is 35.9 Å². The summed E-state index contributed by atoms with van der Waals surface area (Å²) in [5, 5.41) is 3.40. The van der Waals surface area contributed by atoms with Crippen LogP contribution >= 0.6 is 24.0 Å². The van der Waals surface area contributed by atoms with Gasteiger partial charge in [0.15, 0.2) is 0 Å². The van der Waals surface area contributed by atoms with Crippen molar-refractivity contribution in [1.29, 1.82) is 0 Å². The van der Waals surface area contributed by atoms with Crippen LogP contribution in [-0.2, 0) is 19.8 Å². The third-order valence-corrected chi connectivity index (χ3v) is 5.18. The van der Waals surface area contributed by atoms with Gasteiger partial charge in [-0.3, -0.25) is 4.79 Å². The van der Waals surface area contributed by atoms with E-state index >= 15 is 0 Å². The highest BCUT2D eigenvalue weighted by atomic mass is 35.5. The number of ether oxygens (including phenoxy) is 2. The number of hydrogen-bond donors (Lipinski definition) is 2. The molecule has 1 aliphatic heterocycles. The van der Waals surface area contributed by atoms with Crippen LogP contribution in [0.15, 0.2) is 18.2 Å². The molecular formula is C17H22Cl2N2O4. The molecule has 8 heteroatoms. The molecule has 1 aromatic carbocycles. The number of carbonyl (C=O) groups excluding carboxylic acids is 2. The van der Waals surface area contributed by atoms with Crippen LogP contribution in [0.5, 0.6) is 0 Å². The van der Waals surface area contributed by atoms with Crippen LogP contribution in [0.1, 0.15) is 41.6 Å². The van der Waals surface area contributed by atoms with E-state index in [2.05, 4.69) is 5.32 Å². The number of hydrogen-bond acceptors (Lipinski definition) is 5. The second-order valence-corrected chi connectivity index (χ2v) is 6.90. The first-order valence-electron chi connectivity index (χ1n) is 7.98. The van der Waals surface area contributed by atoms with Gasteiger partial charge in [-0.05, 0) is 43.4 Å². The highest BCUT2D eigenvalue weighted by Gasteiger charge is 2.49. The maximum atomic E-state index is 12.7. The number of amides is 1. The number of carbonyl (C=O) groups is 2. The number of nitrogens with two attached hydrogens (primary N) is 1. The largest absolute Gasteiger partial charge is 0.465 e. The minimum atomic E-state index is -0.885. The standard InChI is InChI=1S/C17H21ClN2O4.ClH/c1-23-14(21)12-3-2-11(10-13(12)18)17(4-5-17)20-15(22)16(19)6-8-24-9-7-16;/h2-3,10H,4-9,19H2,1H3,(H,20,22);1H. The average molecular weight is 389 g/mol. The van der Waals surface area contributed by atoms with Crippen LogP contribution < -0.4 is 11.1 Å². The van der Waals surface area contributed by atoms with Crippen molar-refractivity contribution in [2.75, 3.05) is 20.3 Å². The van der Waals surface area contributed by atoms with Gasteiger partial charge in [-0.2, -0.15) is 0 Å². The minimum absolute atomic E-state index is 0. The number of methoxy groups -OCH3 is 1. The summed E-state index contributed by atoms with van der Waals surface area (Å²) in [6.07, 6.45) is 2.66. The van der Waals surface area contributed by atoms with Gasteiger partial charge in [0.2, 0.25) is 5.91 Å². The predicted molar refractivity (Wildman–Crippen MR) is 96.1 cm³/mol. The lowest BCUT2D eigenvalue weighted by Gasteiger charge is -2.33. The Bertz CT molecular complexity index is 671. The summed E-state index contributed by atoms with van der Waals surface area (Å²) in [6.45, 7) is 0.993. The van der Waals surface area contributed by atoms with Crippen LogP contribution in [0.3, 0.4) is 0 Å². The van der Waals surface area contributed by atoms with E-state index in [1.165, 1.54) is 7.11 Å². The van der Waals surface area contributed by atoms with Crippen LogP contribution in [0, 0.1) is 0 Å². The van der Waals surface area contributed by atoms with Crippen molar-refractivity contribution in [3.05, 3.63) is 34.3 Å². The molecule has 0 radical (unpaired) electrons. The van der Waals surface area contributed by atoms with E-state index in [1.54, 1.807) is 18.2 Å². The fourth-order valence-electron chi connectivity index (χ4n) is 3.00. The van der Waals surface area contributed by atoms with Gasteiger partial charge in [-0.15, -0.1) is 12.4 Å². The quantitative estimate of drug-likeness (QED) is 0.771. The van der Waals surface area contributed by atoms with Crippen molar-refractivity contribution in [3.8, 4) is 0 Å². The summed E-state index contributed by atoms with van der Waals surface area (Å²) in [7, 11) is 1.31. The molecule has 0 atom stereocenters. The van der Waals surface area contributed by atoms with Crippen molar-refractivity contribution in [3.63, 3.8) is 0 Å². The van der Waals surface area contributed by atoms with Crippen molar-refractivity contribution < 1.29 is 19.1 Å². The lowest BCUT2D eigenvalue weighted by molar-refractivity contribution is -0.130. The van der Waals surface area contributed by atoms with Crippen molar-refractivity contribution in [2.45, 2.75) is 36.8 Å². The molecule has 25 heavy (non-hydrogen) atoms. The molecule has 3 N–H and O–H groups in total. The monoisotopic (exact) mass is 388 g/mol. The Morgan fingerprint density at radius 3 is 2.40 bits per heavy atom. The van der Waals surface area contributed by atoms with Crippen LogP contribution in [0.2, 0.25) is 5.02 Å². The van der Waals surface area contributed by atoms with E-state index in [1.807, 2.05) is 0 Å². The predicted octanol–water partition coefficient (Wildman–Crippen LogP) is 2.16. The summed E-state index contributed by atoms with van der Waals surface area (Å²) in [4.78, 5) is 24.3. The zero-order valence-electron chi connectivity index (χ0n) is 14.0. The smallest absolute Gasteiger partial charge is 0.339 e. The maximum absolute atomic E-state index is 12.7. The van der Waals surface area contributed by atoms with Gasteiger partial charge in [-0.1, -0.05) is 17.7 Å². The van der Waals surface area contributed by atoms with Crippen molar-refractivity contribution in [2.24, 2.45) is 5.73 Å². The zero-order chi connectivity index (χ0) is 17.4. The third-order valence-electron chi connectivity index (χ3n) is 4.87. The third kappa shape index (κ3) is 3.92. The normalized spacial score (nSPS) is 20.1. The Morgan fingerprint density at radius 2 is 1.88 bits per heavy atom. The summed E-state index contributed by atoms with van der Waals surface area (Å²) in [5.74, 6) is -0.639. The van der Waals surface area contributed by atoms with E-state index in [0.717, 1.165) is 18.4 Å². The average Bonchev–Trinajstić information content (AvgIpc) is 3.35. The molecule has 2 fully saturated rings. The molecule has 1 aromatic rings. The summed E-state index contributed by atoms with van der Waals surface area (Å²) in [6, 6.07) is 5.15. The van der Waals surface area contributed by atoms with Crippen LogP contribution in [0.25, 0.3) is 0 Å². The fourth-order valence-corrected chi connectivity index (χ4v) is 3.26. The second kappa shape index (κ2) is 7.50. The van der Waals surface area contributed by atoms with Crippen LogP contribution in [-0.4, -0.2) is 37.7 Å². The molecule has 3 rings (SSSR count). The minimum Gasteiger partial charge on any atom is -0.465 e. The fraction of sp³-hybridized carbons (Fsp3) is 0.529. The Kier molecular flexibility index (Phi) is 5.99. The van der Waals surface area contributed by atoms with Gasteiger partial charge < -0.3 is 20.5 Å². The Morgan fingerprint density at radius 1 is 1.24 bits per heavy atom. The topological polar surface area (TPSA) is 90.7 Å². The van der Waals surface area contributed by atoms with Gasteiger partial charge in [-0.25, -0.2) is 4.79 Å². The number of rotatable bonds is 4. The Labute approximate surface area is 157 Å². The van der Waals surface area contributed by atoms with Crippen molar-refractivity contribution in [1.82, 2.24) is 5.32 Å². The summed E-state index contributed by atoms with van der Waals surface area (Å²) in [5.41, 5.74) is 6.11. The SMILES string of the molecule is COC(=O)c1ccc(C2(NC(=O)C3(N)CCOCC3)CC2)cc1Cl.Cl. The van der Waals surface area contributed by atoms with Gasteiger partial charge in [0, 0.05) is 13.2 Å². The van der Waals surface area contributed by atoms with E-state index in [9.17, 15) is 9.59 Å². The number of esters is 1. The molecule has 0 bridgehead atoms. The zero-order valence-corrected chi connectivity index (χ0v) is 15.5. The molecule has 1 saturated carbocycles. The molecule has 1 saturated heterocycles. The molecule has 1 amide bonds. The molecule has 1 aliphatic carbocycles. The molecule has 0 unspecified atom stereocenters. The lowest BCUT2D eigenvalue weighted by Crippen LogP contribution is -2.58. The van der Waals surface area contributed by atoms with Gasteiger partial charge in [0.05, 0.1) is 28.8 Å². The Balaban J connectivity index is 0.00000225. The molecule has 2 aliphatic rings. The molecule has 1 heterocycles. The number of halogens is 2. The van der Waals surface area contributed by atoms with E-state index in [4.69, 9.17) is 26.8 Å². The summed E-state index contributed by atoms with van der Waals surface area (Å²) >= 11 is 6.19. The van der Waals surface area contributed by atoms with E-state index in [-0.39, 0.29) is 18.3 Å². The van der Waals surface area contributed by atoms with Gasteiger partial charge in [0.1, 0.15) is 0 Å². The second-order valence-electron chi connectivity index (χ2n) is 6.49. The molecule has 138 valence electrons. The maximum Gasteiger partial charge on any atom is 0.339 e. The molecule has 0 aromatic heterocycles.